The van der Waals surface area contributed by atoms with Crippen molar-refractivity contribution in [1.29, 1.82) is 0 Å². The molecule has 7 rings (SSSR count). The third-order valence-corrected chi connectivity index (χ3v) is 14.1. The molecule has 0 aliphatic carbocycles. The van der Waals surface area contributed by atoms with Crippen LogP contribution in [0.5, 0.6) is 5.75 Å². The van der Waals surface area contributed by atoms with Gasteiger partial charge >= 0.3 is 154 Å². The van der Waals surface area contributed by atoms with Gasteiger partial charge in [-0.05, 0) is 83.9 Å². The van der Waals surface area contributed by atoms with Crippen LogP contribution < -0.4 is 169 Å². The first-order valence-electron chi connectivity index (χ1n) is 20.0. The predicted molar refractivity (Wildman–Crippen MR) is 264 cm³/mol. The second-order valence-corrected chi connectivity index (χ2v) is 22.5. The molecule has 0 radical (unpaired) electrons. The van der Waals surface area contributed by atoms with E-state index in [-0.39, 0.29) is 159 Å². The van der Waals surface area contributed by atoms with Gasteiger partial charge in [0.2, 0.25) is 40.5 Å². The molecule has 32 nitrogen and oxygen atoms in total. The molecule has 7 aromatic rings. The molecule has 0 saturated heterocycles. The molecule has 0 aliphatic heterocycles. The fourth-order valence-electron chi connectivity index (χ4n) is 6.19. The number of carboxylic acids is 1. The second-order valence-electron chi connectivity index (χ2n) is 14.8. The topological polar surface area (TPSA) is 504 Å². The number of rotatable bonds is 19. The molecule has 2 heterocycles. The van der Waals surface area contributed by atoms with Gasteiger partial charge in [0.15, 0.2) is 5.75 Å². The summed E-state index contributed by atoms with van der Waals surface area (Å²) >= 11 is 12.2. The fraction of sp³-hybridized carbons (Fsp3) is 0.0263. The summed E-state index contributed by atoms with van der Waals surface area (Å²) in [4.78, 5) is 30.4. The number of azo groups is 2. The minimum absolute atomic E-state index is 0. The number of aromatic hydroxyl groups is 1. The molecule has 82 heavy (non-hydrogen) atoms. The van der Waals surface area contributed by atoms with Crippen LogP contribution in [0.25, 0.3) is 0 Å². The molecule has 0 aliphatic rings. The van der Waals surface area contributed by atoms with Crippen LogP contribution in [-0.4, -0.2) is 111 Å². The van der Waals surface area contributed by atoms with Crippen LogP contribution in [0.2, 0.25) is 10.6 Å². The third kappa shape index (κ3) is 20.3. The number of carboxylic acid groups (broad SMARTS) is 1. The molecular weight excluding hydrogens is 1290 g/mol. The summed E-state index contributed by atoms with van der Waals surface area (Å²) in [6.45, 7) is 0. The van der Waals surface area contributed by atoms with Crippen LogP contribution in [0.15, 0.2) is 142 Å². The minimum Gasteiger partial charge on any atom is -0.504 e. The molecule has 0 bridgehead atoms. The molecule has 2 aromatic heterocycles. The molecule has 0 fully saturated rings. The first-order chi connectivity index (χ1) is 35.8. The van der Waals surface area contributed by atoms with Crippen LogP contribution in [-0.2, 0) is 50.6 Å². The van der Waals surface area contributed by atoms with E-state index in [4.69, 9.17) is 23.2 Å². The van der Waals surface area contributed by atoms with E-state index >= 15 is 0 Å². The number of phenols is 1. The first kappa shape index (κ1) is 75.0. The fourth-order valence-corrected chi connectivity index (χ4v) is 9.38. The smallest absolute Gasteiger partial charge is 0.504 e. The number of aromatic nitrogens is 6. The molecule has 0 saturated carbocycles. The largest absolute Gasteiger partial charge is 1.00 e. The minimum atomic E-state index is -5.42. The van der Waals surface area contributed by atoms with Gasteiger partial charge in [-0.2, -0.15) is 87.3 Å². The van der Waals surface area contributed by atoms with Gasteiger partial charge in [-0.1, -0.05) is 36.4 Å². The van der Waals surface area contributed by atoms with Gasteiger partial charge in [-0.3, -0.25) is 22.8 Å². The number of aromatic carboxylic acids is 1. The third-order valence-electron chi connectivity index (χ3n) is 9.49. The van der Waals surface area contributed by atoms with Crippen LogP contribution in [0.1, 0.15) is 22.1 Å². The monoisotopic (exact) mass is 1310 g/mol. The maximum atomic E-state index is 12.8. The van der Waals surface area contributed by atoms with E-state index in [0.717, 1.165) is 24.3 Å². The van der Waals surface area contributed by atoms with Crippen LogP contribution in [0, 0.1) is 0 Å². The Kier molecular flexibility index (Phi) is 27.9. The molecule has 402 valence electrons. The van der Waals surface area contributed by atoms with Crippen molar-refractivity contribution in [2.45, 2.75) is 30.6 Å². The maximum Gasteiger partial charge on any atom is 1.00 e. The Balaban J connectivity index is 0.00000459. The average Bonchev–Trinajstić information content (AvgIpc) is 3.31. The summed E-state index contributed by atoms with van der Waals surface area (Å²) in [6.07, 6.45) is -1.52. The van der Waals surface area contributed by atoms with Crippen molar-refractivity contribution in [1.82, 2.24) is 29.9 Å². The molecule has 1 atom stereocenters. The van der Waals surface area contributed by atoms with Crippen LogP contribution >= 0.6 is 23.2 Å². The van der Waals surface area contributed by atoms with E-state index in [9.17, 15) is 79.9 Å². The van der Waals surface area contributed by atoms with Crippen molar-refractivity contribution < 1.29 is 228 Å². The van der Waals surface area contributed by atoms with E-state index in [1.54, 1.807) is 6.07 Å². The molecular formula is C38H28Cl2N14Na5O18S5+5. The quantitative estimate of drug-likeness (QED) is 0.0155. The number of nitrogens with zero attached hydrogens (tertiary/aromatic N) is 10. The number of carbonyl (C=O) groups is 1. The molecule has 1 unspecified atom stereocenters. The standard InChI is InChI=1S/C38H28Cl2N14O18S5.5Na/c39-33-45-35(41-18-7-4-8-19(11-18)73(58,59)60)49-36(46-33)42-24-15-29(77(70,71)72)25(16-28(24)76(67,68)69)43-37-47-34(40)48-38(50-37)44-26-13-21(75(64,65)66)14-27(30(26)55)52-54-31(17-5-2-1-3-6-17)53-51-23-10-9-20(74(61,62)63)12-22(23)32(56)57;;;;;/h1-16,31,55H,(H,56,57)(H,58,59,60)(H,61,62,63)(H,64,65,66)(H,67,68,69)(H,70,71,72)(H2,41,42,45,46,49)(H2,43,44,47,48,50);;;;;/q;5*+1. The maximum absolute atomic E-state index is 12.8. The van der Waals surface area contributed by atoms with Gasteiger partial charge in [0.1, 0.15) is 15.5 Å². The second kappa shape index (κ2) is 30.5. The van der Waals surface area contributed by atoms with Crippen LogP contribution in [0.4, 0.5) is 57.9 Å². The van der Waals surface area contributed by atoms with Crippen molar-refractivity contribution >= 4 is 138 Å². The van der Waals surface area contributed by atoms with E-state index in [1.807, 2.05) is 0 Å². The number of nitrogens with one attached hydrogen (secondary N) is 4. The van der Waals surface area contributed by atoms with Crippen molar-refractivity contribution in [2.24, 2.45) is 20.5 Å². The Morgan fingerprint density at radius 1 is 0.463 bits per heavy atom. The molecule has 0 amide bonds. The number of hydrogen-bond acceptors (Lipinski definition) is 26. The van der Waals surface area contributed by atoms with E-state index in [2.05, 4.69) is 71.6 Å². The van der Waals surface area contributed by atoms with Gasteiger partial charge < -0.3 is 31.5 Å². The summed E-state index contributed by atoms with van der Waals surface area (Å²) in [5, 5.41) is 45.0. The van der Waals surface area contributed by atoms with Crippen molar-refractivity contribution in [3.05, 3.63) is 119 Å². The molecule has 11 N–H and O–H groups in total. The zero-order valence-electron chi connectivity index (χ0n) is 42.2. The first-order valence-corrected chi connectivity index (χ1v) is 28.0. The van der Waals surface area contributed by atoms with Crippen molar-refractivity contribution in [3.8, 4) is 5.75 Å². The number of hydrogen-bond donors (Lipinski definition) is 11. The van der Waals surface area contributed by atoms with Gasteiger partial charge in [-0.25, -0.2) is 4.79 Å². The Morgan fingerprint density at radius 3 is 1.35 bits per heavy atom. The van der Waals surface area contributed by atoms with Gasteiger partial charge in [0.25, 0.3) is 50.6 Å². The Hall–Kier alpha value is -3.08. The summed E-state index contributed by atoms with van der Waals surface area (Å²) in [5.74, 6) is -5.19. The summed E-state index contributed by atoms with van der Waals surface area (Å²) in [7, 11) is -25.5. The predicted octanol–water partition coefficient (Wildman–Crippen LogP) is -8.44. The average molecular weight is 1310 g/mol. The van der Waals surface area contributed by atoms with Gasteiger partial charge in [0.05, 0.1) is 43.0 Å². The van der Waals surface area contributed by atoms with Crippen molar-refractivity contribution in [2.75, 3.05) is 21.3 Å². The summed E-state index contributed by atoms with van der Waals surface area (Å²) in [6, 6.07) is 16.7. The Bertz CT molecular complexity index is 4220. The Morgan fingerprint density at radius 2 is 0.902 bits per heavy atom. The van der Waals surface area contributed by atoms with E-state index in [1.165, 1.54) is 36.4 Å². The molecule has 5 aromatic carbocycles. The zero-order valence-corrected chi connectivity index (χ0v) is 57.8. The molecule has 0 spiro atoms. The number of anilines is 8. The van der Waals surface area contributed by atoms with Gasteiger partial charge in [0, 0.05) is 11.3 Å². The Labute approximate surface area is 583 Å². The van der Waals surface area contributed by atoms with E-state index < -0.39 is 161 Å². The summed E-state index contributed by atoms with van der Waals surface area (Å²) < 4.78 is 172. The summed E-state index contributed by atoms with van der Waals surface area (Å²) in [5.41, 5.74) is -4.05. The van der Waals surface area contributed by atoms with Gasteiger partial charge in [-0.15, -0.1) is 5.11 Å². The SMILES string of the molecule is O=C(O)c1cc(S(=O)(=O)O)ccc1N=NC(N=Nc1cc(S(=O)(=O)O)cc(Nc2nc(Cl)nc(Nc3cc(S(=O)(=O)O)c(Nc4nc(Cl)nc(Nc5cccc(S(=O)(=O)O)c5)n4)cc3S(=O)(=O)O)n2)c1O)c1ccccc1.[Na+].[Na+].[Na+].[Na+].[Na+]. The van der Waals surface area contributed by atoms with E-state index in [0.29, 0.717) is 30.3 Å². The zero-order chi connectivity index (χ0) is 56.4. The number of benzene rings is 5. The molecule has 44 heteroatoms. The number of halogens is 2. The number of phenolic OH excluding ortho intramolecular Hbond substituents is 1. The van der Waals surface area contributed by atoms with Crippen molar-refractivity contribution in [3.63, 3.8) is 0 Å². The van der Waals surface area contributed by atoms with Crippen LogP contribution in [0.3, 0.4) is 0 Å². The normalized spacial score (nSPS) is 12.1.